The van der Waals surface area contributed by atoms with Gasteiger partial charge in [0.05, 0.1) is 0 Å². The van der Waals surface area contributed by atoms with E-state index in [-0.39, 0.29) is 9.90 Å². The van der Waals surface area contributed by atoms with Crippen molar-refractivity contribution in [2.75, 3.05) is 0 Å². The van der Waals surface area contributed by atoms with E-state index in [9.17, 15) is 0 Å². The van der Waals surface area contributed by atoms with Gasteiger partial charge in [0.25, 0.3) is 0 Å². The lowest BCUT2D eigenvalue weighted by Gasteiger charge is -2.08. The van der Waals surface area contributed by atoms with Gasteiger partial charge in [0.15, 0.2) is 0 Å². The predicted octanol–water partition coefficient (Wildman–Crippen LogP) is 7.54. The van der Waals surface area contributed by atoms with E-state index >= 15 is 0 Å². The first-order valence-corrected chi connectivity index (χ1v) is 9.39. The van der Waals surface area contributed by atoms with Gasteiger partial charge >= 0.3 is 0 Å². The van der Waals surface area contributed by atoms with Crippen LogP contribution >= 0.6 is 21.5 Å². The lowest BCUT2D eigenvalue weighted by molar-refractivity contribution is 0.533. The summed E-state index contributed by atoms with van der Waals surface area (Å²) in [5.74, 6) is 0. The van der Waals surface area contributed by atoms with Crippen molar-refractivity contribution in [3.05, 3.63) is 0 Å². The molecule has 0 nitrogen and oxygen atoms in total. The van der Waals surface area contributed by atoms with Crippen LogP contribution in [0.4, 0.5) is 0 Å². The third kappa shape index (κ3) is 18.7. The summed E-state index contributed by atoms with van der Waals surface area (Å²) in [6, 6.07) is 0. The van der Waals surface area contributed by atoms with Gasteiger partial charge in [-0.1, -0.05) is 97.3 Å². The fraction of sp³-hybridized carbons (Fsp3) is 1.00. The second-order valence-corrected chi connectivity index (χ2v) is 6.68. The number of halogens is 1. The highest BCUT2D eigenvalue weighted by molar-refractivity contribution is 6.92. The van der Waals surface area contributed by atoms with Crippen LogP contribution in [0, 0.1) is 0 Å². The quantitative estimate of drug-likeness (QED) is 0.166. The Kier molecular flexibility index (Phi) is 22.7. The molecule has 2 heteroatoms. The Morgan fingerprint density at radius 2 is 0.900 bits per heavy atom. The standard InChI is InChI=1S/C18H37Cl.H3P/c1-3-5-7-8-9-10-11-12-13-14-15-17-18(19)16-6-4-2;/h18H,3-17H2,1-2H3;1H3. The van der Waals surface area contributed by atoms with Gasteiger partial charge in [-0.15, -0.1) is 11.6 Å². The molecule has 0 spiro atoms. The minimum Gasteiger partial charge on any atom is -0.153 e. The van der Waals surface area contributed by atoms with Crippen LogP contribution in [0.1, 0.15) is 110 Å². The van der Waals surface area contributed by atoms with Crippen molar-refractivity contribution in [1.29, 1.82) is 0 Å². The summed E-state index contributed by atoms with van der Waals surface area (Å²) in [7, 11) is 0. The van der Waals surface area contributed by atoms with Crippen molar-refractivity contribution in [2.24, 2.45) is 0 Å². The molecular formula is C18H40ClP. The van der Waals surface area contributed by atoms with Gasteiger partial charge in [-0.3, -0.25) is 0 Å². The molecule has 0 heterocycles. The fourth-order valence-electron chi connectivity index (χ4n) is 2.60. The summed E-state index contributed by atoms with van der Waals surface area (Å²) >= 11 is 6.28. The topological polar surface area (TPSA) is 0 Å². The van der Waals surface area contributed by atoms with Crippen molar-refractivity contribution in [2.45, 2.75) is 116 Å². The molecule has 0 aliphatic rings. The normalized spacial score (nSPS) is 12.2. The predicted molar refractivity (Wildman–Crippen MR) is 101 cm³/mol. The molecule has 0 aliphatic heterocycles. The SMILES string of the molecule is CCCCCCCCCCCCCC(Cl)CCCC.P. The maximum absolute atomic E-state index is 6.28. The van der Waals surface area contributed by atoms with Gasteiger partial charge in [0.1, 0.15) is 0 Å². The third-order valence-corrected chi connectivity index (χ3v) is 4.43. The summed E-state index contributed by atoms with van der Waals surface area (Å²) in [4.78, 5) is 0. The van der Waals surface area contributed by atoms with Gasteiger partial charge < -0.3 is 0 Å². The summed E-state index contributed by atoms with van der Waals surface area (Å²) in [5, 5.41) is 0.443. The highest BCUT2D eigenvalue weighted by atomic mass is 35.5. The molecule has 2 atom stereocenters. The van der Waals surface area contributed by atoms with E-state index in [1.165, 1.54) is 96.3 Å². The average molecular weight is 323 g/mol. The average Bonchev–Trinajstić information content (AvgIpc) is 2.42. The van der Waals surface area contributed by atoms with Crippen molar-refractivity contribution in [3.8, 4) is 0 Å². The maximum Gasteiger partial charge on any atom is 0.0336 e. The van der Waals surface area contributed by atoms with E-state index < -0.39 is 0 Å². The molecule has 0 amide bonds. The first kappa shape index (κ1) is 23.0. The smallest absolute Gasteiger partial charge is 0.0336 e. The van der Waals surface area contributed by atoms with E-state index in [1.54, 1.807) is 0 Å². The fourth-order valence-corrected chi connectivity index (χ4v) is 2.91. The molecule has 0 fully saturated rings. The lowest BCUT2D eigenvalue weighted by atomic mass is 10.0. The molecule has 0 radical (unpaired) electrons. The zero-order chi connectivity index (χ0) is 14.2. The molecule has 0 N–H and O–H groups in total. The molecule has 0 saturated heterocycles. The molecule has 20 heavy (non-hydrogen) atoms. The number of rotatable bonds is 15. The van der Waals surface area contributed by atoms with Crippen LogP contribution in [0.15, 0.2) is 0 Å². The highest BCUT2D eigenvalue weighted by Gasteiger charge is 2.02. The van der Waals surface area contributed by atoms with Crippen LogP contribution in [-0.2, 0) is 0 Å². The van der Waals surface area contributed by atoms with Crippen molar-refractivity contribution < 1.29 is 0 Å². The number of hydrogen-bond acceptors (Lipinski definition) is 0. The van der Waals surface area contributed by atoms with Crippen LogP contribution in [-0.4, -0.2) is 5.38 Å². The Balaban J connectivity index is 0. The van der Waals surface area contributed by atoms with Crippen molar-refractivity contribution in [3.63, 3.8) is 0 Å². The molecule has 0 aromatic carbocycles. The van der Waals surface area contributed by atoms with E-state index in [0.717, 1.165) is 0 Å². The van der Waals surface area contributed by atoms with Gasteiger partial charge in [0.2, 0.25) is 0 Å². The van der Waals surface area contributed by atoms with Crippen LogP contribution in [0.3, 0.4) is 0 Å². The Hall–Kier alpha value is 0.720. The van der Waals surface area contributed by atoms with Gasteiger partial charge in [-0.05, 0) is 12.8 Å². The van der Waals surface area contributed by atoms with Crippen LogP contribution in [0.25, 0.3) is 0 Å². The first-order valence-electron chi connectivity index (χ1n) is 8.95. The summed E-state index contributed by atoms with van der Waals surface area (Å²) < 4.78 is 0. The minimum atomic E-state index is 0. The van der Waals surface area contributed by atoms with Gasteiger partial charge in [0, 0.05) is 5.38 Å². The molecule has 0 rings (SSSR count). The van der Waals surface area contributed by atoms with Crippen LogP contribution in [0.5, 0.6) is 0 Å². The molecule has 124 valence electrons. The van der Waals surface area contributed by atoms with E-state index in [4.69, 9.17) is 11.6 Å². The van der Waals surface area contributed by atoms with Crippen LogP contribution in [0.2, 0.25) is 0 Å². The number of unbranched alkanes of at least 4 members (excludes halogenated alkanes) is 11. The molecule has 2 unspecified atom stereocenters. The second kappa shape index (κ2) is 19.7. The van der Waals surface area contributed by atoms with E-state index in [1.807, 2.05) is 0 Å². The summed E-state index contributed by atoms with van der Waals surface area (Å²) in [5.41, 5.74) is 0. The molecule has 0 aromatic rings. The lowest BCUT2D eigenvalue weighted by Crippen LogP contribution is -1.97. The Bertz CT molecular complexity index is 161. The zero-order valence-corrected chi connectivity index (χ0v) is 16.4. The Labute approximate surface area is 137 Å². The number of alkyl halides is 1. The zero-order valence-electron chi connectivity index (χ0n) is 14.3. The minimum absolute atomic E-state index is 0. The van der Waals surface area contributed by atoms with Crippen LogP contribution < -0.4 is 0 Å². The second-order valence-electron chi connectivity index (χ2n) is 6.06. The van der Waals surface area contributed by atoms with E-state index in [2.05, 4.69) is 13.8 Å². The van der Waals surface area contributed by atoms with Crippen molar-refractivity contribution in [1.82, 2.24) is 0 Å². The molecular weight excluding hydrogens is 283 g/mol. The highest BCUT2D eigenvalue weighted by Crippen LogP contribution is 2.17. The Morgan fingerprint density at radius 1 is 0.550 bits per heavy atom. The number of hydrogen-bond donors (Lipinski definition) is 0. The summed E-state index contributed by atoms with van der Waals surface area (Å²) in [6.07, 6.45) is 20.7. The Morgan fingerprint density at radius 3 is 1.35 bits per heavy atom. The van der Waals surface area contributed by atoms with Crippen molar-refractivity contribution >= 4 is 21.5 Å². The third-order valence-electron chi connectivity index (χ3n) is 3.99. The maximum atomic E-state index is 6.28. The van der Waals surface area contributed by atoms with E-state index in [0.29, 0.717) is 5.38 Å². The monoisotopic (exact) mass is 322 g/mol. The molecule has 0 aromatic heterocycles. The van der Waals surface area contributed by atoms with Gasteiger partial charge in [-0.2, -0.15) is 9.90 Å². The molecule has 0 aliphatic carbocycles. The molecule has 0 saturated carbocycles. The largest absolute Gasteiger partial charge is 0.153 e. The summed E-state index contributed by atoms with van der Waals surface area (Å²) in [6.45, 7) is 4.53. The first-order chi connectivity index (χ1) is 9.31. The molecule has 0 bridgehead atoms. The van der Waals surface area contributed by atoms with Gasteiger partial charge in [-0.25, -0.2) is 0 Å².